The molecule has 0 aliphatic heterocycles. The second-order valence-electron chi connectivity index (χ2n) is 7.05. The summed E-state index contributed by atoms with van der Waals surface area (Å²) in [6.07, 6.45) is 0. The molecule has 0 aliphatic carbocycles. The summed E-state index contributed by atoms with van der Waals surface area (Å²) in [7, 11) is 1.61. The van der Waals surface area contributed by atoms with Gasteiger partial charge in [-0.05, 0) is 42.7 Å². The van der Waals surface area contributed by atoms with Crippen LogP contribution in [0.1, 0.15) is 24.1 Å². The number of rotatable bonds is 3. The lowest BCUT2D eigenvalue weighted by molar-refractivity contribution is 0.416. The molecule has 0 fully saturated rings. The van der Waals surface area contributed by atoms with Crippen molar-refractivity contribution >= 4 is 34.1 Å². The predicted molar refractivity (Wildman–Crippen MR) is 119 cm³/mol. The molecule has 1 aromatic heterocycles. The van der Waals surface area contributed by atoms with Gasteiger partial charge < -0.3 is 15.5 Å². The second kappa shape index (κ2) is 7.85. The standard InChI is InChI=1S/C23H21FN2O2.ClH/c1-12-11-18(28-3)19(15-9-7-14(8-10-15)13(2)25)21-16-5-4-6-17(24)20(16)23(27)26-22(12)21;/h4-11,13H,25H2,1-3H3,(H,26,27);1H/t13-;/m1./s1. The number of nitrogens with two attached hydrogens (primary N) is 1. The fourth-order valence-electron chi connectivity index (χ4n) is 3.76. The van der Waals surface area contributed by atoms with E-state index in [2.05, 4.69) is 4.98 Å². The molecule has 0 radical (unpaired) electrons. The molecule has 0 unspecified atom stereocenters. The minimum Gasteiger partial charge on any atom is -0.496 e. The van der Waals surface area contributed by atoms with Crippen molar-refractivity contribution in [3.8, 4) is 16.9 Å². The van der Waals surface area contributed by atoms with Gasteiger partial charge in [-0.25, -0.2) is 4.39 Å². The fraction of sp³-hybridized carbons (Fsp3) is 0.174. The molecule has 1 heterocycles. The van der Waals surface area contributed by atoms with Crippen LogP contribution in [0.2, 0.25) is 0 Å². The Bertz CT molecular complexity index is 1260. The summed E-state index contributed by atoms with van der Waals surface area (Å²) in [5, 5.41) is 1.38. The number of aryl methyl sites for hydroxylation is 1. The number of pyridine rings is 1. The van der Waals surface area contributed by atoms with E-state index in [4.69, 9.17) is 10.5 Å². The van der Waals surface area contributed by atoms with Gasteiger partial charge in [0.2, 0.25) is 0 Å². The summed E-state index contributed by atoms with van der Waals surface area (Å²) in [4.78, 5) is 15.4. The molecule has 3 aromatic carbocycles. The van der Waals surface area contributed by atoms with Crippen molar-refractivity contribution < 1.29 is 9.13 Å². The lowest BCUT2D eigenvalue weighted by Crippen LogP contribution is -2.10. The van der Waals surface area contributed by atoms with Gasteiger partial charge in [-0.2, -0.15) is 0 Å². The number of ether oxygens (including phenoxy) is 1. The maximum Gasteiger partial charge on any atom is 0.259 e. The zero-order chi connectivity index (χ0) is 20.0. The van der Waals surface area contributed by atoms with Gasteiger partial charge in [-0.3, -0.25) is 4.79 Å². The zero-order valence-electron chi connectivity index (χ0n) is 16.4. The molecule has 0 saturated heterocycles. The maximum absolute atomic E-state index is 14.5. The van der Waals surface area contributed by atoms with Gasteiger partial charge >= 0.3 is 0 Å². The first kappa shape index (κ1) is 20.8. The summed E-state index contributed by atoms with van der Waals surface area (Å²) >= 11 is 0. The highest BCUT2D eigenvalue weighted by Crippen LogP contribution is 2.41. The van der Waals surface area contributed by atoms with Crippen LogP contribution in [0.15, 0.2) is 53.3 Å². The van der Waals surface area contributed by atoms with Gasteiger partial charge in [-0.1, -0.05) is 36.4 Å². The van der Waals surface area contributed by atoms with Crippen LogP contribution in [0.3, 0.4) is 0 Å². The number of nitrogens with one attached hydrogen (secondary N) is 1. The molecule has 0 bridgehead atoms. The summed E-state index contributed by atoms with van der Waals surface area (Å²) in [5.41, 5.74) is 9.80. The minimum absolute atomic E-state index is 0. The molecule has 3 N–H and O–H groups in total. The van der Waals surface area contributed by atoms with E-state index >= 15 is 0 Å². The summed E-state index contributed by atoms with van der Waals surface area (Å²) in [6.45, 7) is 3.83. The predicted octanol–water partition coefficient (Wildman–Crippen LogP) is 5.25. The Morgan fingerprint density at radius 1 is 1.10 bits per heavy atom. The molecule has 4 aromatic rings. The first-order chi connectivity index (χ1) is 13.4. The minimum atomic E-state index is -0.542. The molecular formula is C23H22ClFN2O2. The molecule has 0 aliphatic rings. The monoisotopic (exact) mass is 412 g/mol. The van der Waals surface area contributed by atoms with Crippen molar-refractivity contribution in [3.63, 3.8) is 0 Å². The third-order valence-corrected chi connectivity index (χ3v) is 5.18. The highest BCUT2D eigenvalue weighted by atomic mass is 35.5. The number of fused-ring (bicyclic) bond motifs is 3. The van der Waals surface area contributed by atoms with Crippen molar-refractivity contribution in [2.24, 2.45) is 5.73 Å². The van der Waals surface area contributed by atoms with E-state index in [9.17, 15) is 9.18 Å². The molecule has 0 amide bonds. The third kappa shape index (κ3) is 3.37. The molecule has 0 spiro atoms. The largest absolute Gasteiger partial charge is 0.496 e. The number of aromatic amines is 1. The summed E-state index contributed by atoms with van der Waals surface area (Å²) < 4.78 is 20.1. The van der Waals surface area contributed by atoms with E-state index in [0.717, 1.165) is 27.6 Å². The van der Waals surface area contributed by atoms with E-state index < -0.39 is 11.4 Å². The van der Waals surface area contributed by atoms with Crippen LogP contribution in [-0.2, 0) is 0 Å². The van der Waals surface area contributed by atoms with Gasteiger partial charge in [-0.15, -0.1) is 12.4 Å². The Kier molecular flexibility index (Phi) is 5.64. The average Bonchev–Trinajstić information content (AvgIpc) is 2.68. The molecule has 29 heavy (non-hydrogen) atoms. The van der Waals surface area contributed by atoms with Crippen molar-refractivity contribution in [1.29, 1.82) is 0 Å². The Morgan fingerprint density at radius 3 is 2.41 bits per heavy atom. The number of hydrogen-bond donors (Lipinski definition) is 2. The first-order valence-electron chi connectivity index (χ1n) is 9.10. The third-order valence-electron chi connectivity index (χ3n) is 5.18. The van der Waals surface area contributed by atoms with E-state index in [-0.39, 0.29) is 23.8 Å². The van der Waals surface area contributed by atoms with Crippen LogP contribution in [0.5, 0.6) is 5.75 Å². The van der Waals surface area contributed by atoms with Gasteiger partial charge in [0.15, 0.2) is 0 Å². The Hall–Kier alpha value is -2.89. The van der Waals surface area contributed by atoms with E-state index in [1.165, 1.54) is 6.07 Å². The van der Waals surface area contributed by atoms with Crippen LogP contribution in [0.4, 0.5) is 4.39 Å². The molecule has 6 heteroatoms. The number of halogens is 2. The SMILES string of the molecule is COc1cc(C)c2[nH]c(=O)c3c(F)cccc3c2c1-c1ccc([C@@H](C)N)cc1.Cl. The molecule has 0 saturated carbocycles. The van der Waals surface area contributed by atoms with Crippen molar-refractivity contribution in [2.45, 2.75) is 19.9 Å². The van der Waals surface area contributed by atoms with Crippen LogP contribution < -0.4 is 16.0 Å². The Labute approximate surface area is 173 Å². The second-order valence-corrected chi connectivity index (χ2v) is 7.05. The smallest absolute Gasteiger partial charge is 0.259 e. The Balaban J connectivity index is 0.00000240. The number of methoxy groups -OCH3 is 1. The lowest BCUT2D eigenvalue weighted by Gasteiger charge is -2.17. The van der Waals surface area contributed by atoms with Gasteiger partial charge in [0, 0.05) is 22.4 Å². The topological polar surface area (TPSA) is 68.1 Å². The normalized spacial score (nSPS) is 12.0. The van der Waals surface area contributed by atoms with E-state index in [1.54, 1.807) is 19.2 Å². The highest BCUT2D eigenvalue weighted by molar-refractivity contribution is 6.15. The van der Waals surface area contributed by atoms with E-state index in [0.29, 0.717) is 16.7 Å². The average molecular weight is 413 g/mol. The van der Waals surface area contributed by atoms with Crippen LogP contribution in [0, 0.1) is 12.7 Å². The van der Waals surface area contributed by atoms with Gasteiger partial charge in [0.05, 0.1) is 18.0 Å². The van der Waals surface area contributed by atoms with Gasteiger partial charge in [0.25, 0.3) is 5.56 Å². The highest BCUT2D eigenvalue weighted by Gasteiger charge is 2.19. The zero-order valence-corrected chi connectivity index (χ0v) is 17.2. The quantitative estimate of drug-likeness (QED) is 0.452. The molecule has 4 nitrogen and oxygen atoms in total. The molecule has 1 atom stereocenters. The maximum atomic E-state index is 14.5. The van der Waals surface area contributed by atoms with Gasteiger partial charge in [0.1, 0.15) is 11.6 Å². The molecule has 150 valence electrons. The molecule has 4 rings (SSSR count). The first-order valence-corrected chi connectivity index (χ1v) is 9.10. The molecular weight excluding hydrogens is 391 g/mol. The summed E-state index contributed by atoms with van der Waals surface area (Å²) in [6, 6.07) is 14.4. The summed E-state index contributed by atoms with van der Waals surface area (Å²) in [5.74, 6) is 0.121. The van der Waals surface area contributed by atoms with E-state index in [1.807, 2.05) is 44.2 Å². The van der Waals surface area contributed by atoms with Crippen molar-refractivity contribution in [1.82, 2.24) is 4.98 Å². The number of H-pyrrole nitrogens is 1. The lowest BCUT2D eigenvalue weighted by atomic mass is 9.92. The van der Waals surface area contributed by atoms with Crippen LogP contribution >= 0.6 is 12.4 Å². The van der Waals surface area contributed by atoms with Crippen molar-refractivity contribution in [2.75, 3.05) is 7.11 Å². The number of benzene rings is 3. The van der Waals surface area contributed by atoms with Crippen LogP contribution in [-0.4, -0.2) is 12.1 Å². The Morgan fingerprint density at radius 2 is 1.79 bits per heavy atom. The van der Waals surface area contributed by atoms with Crippen molar-refractivity contribution in [3.05, 3.63) is 75.8 Å². The fourth-order valence-corrected chi connectivity index (χ4v) is 3.76. The number of hydrogen-bond acceptors (Lipinski definition) is 3. The number of aromatic nitrogens is 1. The van der Waals surface area contributed by atoms with Crippen LogP contribution in [0.25, 0.3) is 32.8 Å².